The van der Waals surface area contributed by atoms with Gasteiger partial charge in [0.25, 0.3) is 0 Å². The maximum atomic E-state index is 10.4. The largest absolute Gasteiger partial charge is 0.386 e. The summed E-state index contributed by atoms with van der Waals surface area (Å²) in [6, 6.07) is 26.2. The number of fused-ring (bicyclic) bond motifs is 1. The summed E-state index contributed by atoms with van der Waals surface area (Å²) in [4.78, 5) is 4.68. The molecule has 0 aliphatic rings. The Kier molecular flexibility index (Phi) is 6.55. The molecule has 4 rings (SSSR count). The monoisotopic (exact) mass is 439 g/mol. The van der Waals surface area contributed by atoms with E-state index < -0.39 is 5.60 Å². The van der Waals surface area contributed by atoms with E-state index in [-0.39, 0.29) is 0 Å². The van der Waals surface area contributed by atoms with Crippen LogP contribution in [0.1, 0.15) is 41.8 Å². The van der Waals surface area contributed by atoms with Crippen LogP contribution in [-0.2, 0) is 12.0 Å². The summed E-state index contributed by atoms with van der Waals surface area (Å²) >= 11 is 6.10. The molecule has 4 aromatic rings. The quantitative estimate of drug-likeness (QED) is 0.336. The number of pyridine rings is 1. The Hall–Kier alpha value is -3.20. The van der Waals surface area contributed by atoms with Crippen LogP contribution < -0.4 is 0 Å². The van der Waals surface area contributed by atoms with Gasteiger partial charge in [0.2, 0.25) is 0 Å². The van der Waals surface area contributed by atoms with Gasteiger partial charge in [0.05, 0.1) is 16.8 Å². The van der Waals surface area contributed by atoms with E-state index in [0.717, 1.165) is 45.3 Å². The molecule has 0 fully saturated rings. The Morgan fingerprint density at radius 3 is 2.41 bits per heavy atom. The molecule has 0 atom stereocenters. The van der Waals surface area contributed by atoms with E-state index in [2.05, 4.69) is 59.6 Å². The maximum Gasteiger partial charge on any atom is 0.0843 e. The molecule has 3 aromatic carbocycles. The molecule has 0 radical (unpaired) electrons. The van der Waals surface area contributed by atoms with Gasteiger partial charge in [0.1, 0.15) is 0 Å². The average Bonchev–Trinajstić information content (AvgIpc) is 2.77. The van der Waals surface area contributed by atoms with Gasteiger partial charge in [-0.15, -0.1) is 0 Å². The molecule has 0 aliphatic heterocycles. The Labute approximate surface area is 194 Å². The Balaban J connectivity index is 1.48. The fraction of sp³-hybridized carbons (Fsp3) is 0.138. The van der Waals surface area contributed by atoms with Crippen molar-refractivity contribution in [1.29, 1.82) is 0 Å². The maximum absolute atomic E-state index is 10.4. The fourth-order valence-corrected chi connectivity index (χ4v) is 3.93. The standard InChI is InChI=1S/C29H26ClNO/c1-29(2,32)27-12-4-3-10-23(27)11-6-9-21-7-5-8-22(19-21)13-17-26-18-15-24-14-16-25(30)20-28(24)31-26/h3-10,12-20,32H,11H2,1-2H3. The fourth-order valence-electron chi connectivity index (χ4n) is 3.76. The summed E-state index contributed by atoms with van der Waals surface area (Å²) in [6.07, 6.45) is 9.11. The number of nitrogens with zero attached hydrogens (tertiary/aromatic N) is 1. The van der Waals surface area contributed by atoms with Gasteiger partial charge in [-0.05, 0) is 72.9 Å². The molecule has 0 bridgehead atoms. The topological polar surface area (TPSA) is 33.1 Å². The molecular weight excluding hydrogens is 414 g/mol. The average molecular weight is 440 g/mol. The molecule has 0 amide bonds. The Morgan fingerprint density at radius 2 is 1.59 bits per heavy atom. The molecule has 1 heterocycles. The first kappa shape index (κ1) is 22.0. The van der Waals surface area contributed by atoms with E-state index in [1.807, 2.05) is 62.4 Å². The van der Waals surface area contributed by atoms with Crippen molar-refractivity contribution in [3.8, 4) is 0 Å². The number of hydrogen-bond acceptors (Lipinski definition) is 2. The highest BCUT2D eigenvalue weighted by atomic mass is 35.5. The molecule has 0 spiro atoms. The highest BCUT2D eigenvalue weighted by Crippen LogP contribution is 2.24. The minimum absolute atomic E-state index is 0.691. The highest BCUT2D eigenvalue weighted by molar-refractivity contribution is 6.31. The predicted octanol–water partition coefficient (Wildman–Crippen LogP) is 7.54. The van der Waals surface area contributed by atoms with Crippen molar-refractivity contribution in [3.63, 3.8) is 0 Å². The number of hydrogen-bond donors (Lipinski definition) is 1. The van der Waals surface area contributed by atoms with E-state index in [4.69, 9.17) is 11.6 Å². The van der Waals surface area contributed by atoms with Gasteiger partial charge in [-0.3, -0.25) is 0 Å². The van der Waals surface area contributed by atoms with Crippen molar-refractivity contribution >= 4 is 40.7 Å². The van der Waals surface area contributed by atoms with Crippen LogP contribution in [0.5, 0.6) is 0 Å². The van der Waals surface area contributed by atoms with E-state index in [1.54, 1.807) is 0 Å². The van der Waals surface area contributed by atoms with Gasteiger partial charge in [0, 0.05) is 10.4 Å². The SMILES string of the molecule is CC(C)(O)c1ccccc1CC=Cc1cccc(C=Cc2ccc3ccc(Cl)cc3n2)c1. The van der Waals surface area contributed by atoms with Crippen LogP contribution in [0.25, 0.3) is 29.1 Å². The minimum Gasteiger partial charge on any atom is -0.386 e. The zero-order chi connectivity index (χ0) is 22.6. The normalized spacial score (nSPS) is 12.2. The van der Waals surface area contributed by atoms with Gasteiger partial charge in [-0.1, -0.05) is 84.4 Å². The summed E-state index contributed by atoms with van der Waals surface area (Å²) < 4.78 is 0. The number of benzene rings is 3. The molecule has 1 aromatic heterocycles. The lowest BCUT2D eigenvalue weighted by Crippen LogP contribution is -2.17. The second kappa shape index (κ2) is 9.52. The molecule has 0 unspecified atom stereocenters. The third-order valence-corrected chi connectivity index (χ3v) is 5.59. The Morgan fingerprint density at radius 1 is 0.844 bits per heavy atom. The molecule has 0 saturated carbocycles. The number of rotatable bonds is 6. The molecule has 0 saturated heterocycles. The van der Waals surface area contributed by atoms with Gasteiger partial charge in [-0.2, -0.15) is 0 Å². The van der Waals surface area contributed by atoms with Crippen LogP contribution in [0.4, 0.5) is 0 Å². The van der Waals surface area contributed by atoms with E-state index in [0.29, 0.717) is 5.02 Å². The lowest BCUT2D eigenvalue weighted by Gasteiger charge is -2.21. The zero-order valence-electron chi connectivity index (χ0n) is 18.3. The van der Waals surface area contributed by atoms with Crippen molar-refractivity contribution in [2.24, 2.45) is 0 Å². The van der Waals surface area contributed by atoms with Crippen molar-refractivity contribution < 1.29 is 5.11 Å². The first-order valence-electron chi connectivity index (χ1n) is 10.7. The van der Waals surface area contributed by atoms with Crippen LogP contribution in [0.15, 0.2) is 84.9 Å². The first-order valence-corrected chi connectivity index (χ1v) is 11.1. The molecule has 0 aliphatic carbocycles. The summed E-state index contributed by atoms with van der Waals surface area (Å²) in [6.45, 7) is 3.65. The lowest BCUT2D eigenvalue weighted by atomic mass is 9.91. The van der Waals surface area contributed by atoms with Crippen molar-refractivity contribution in [2.75, 3.05) is 0 Å². The summed E-state index contributed by atoms with van der Waals surface area (Å²) in [5.74, 6) is 0. The zero-order valence-corrected chi connectivity index (χ0v) is 19.1. The van der Waals surface area contributed by atoms with Gasteiger partial charge in [-0.25, -0.2) is 4.98 Å². The summed E-state index contributed by atoms with van der Waals surface area (Å²) in [5.41, 5.74) is 5.27. The second-order valence-electron chi connectivity index (χ2n) is 8.40. The highest BCUT2D eigenvalue weighted by Gasteiger charge is 2.18. The first-order chi connectivity index (χ1) is 15.4. The minimum atomic E-state index is -0.850. The number of aliphatic hydroxyl groups is 1. The van der Waals surface area contributed by atoms with Gasteiger partial charge >= 0.3 is 0 Å². The van der Waals surface area contributed by atoms with E-state index >= 15 is 0 Å². The molecule has 1 N–H and O–H groups in total. The van der Waals surface area contributed by atoms with Crippen molar-refractivity contribution in [3.05, 3.63) is 118 Å². The Bertz CT molecular complexity index is 1300. The third-order valence-electron chi connectivity index (χ3n) is 5.36. The molecule has 2 nitrogen and oxygen atoms in total. The van der Waals surface area contributed by atoms with E-state index in [9.17, 15) is 5.11 Å². The number of halogens is 1. The van der Waals surface area contributed by atoms with Crippen LogP contribution >= 0.6 is 11.6 Å². The molecular formula is C29H26ClNO. The molecule has 32 heavy (non-hydrogen) atoms. The lowest BCUT2D eigenvalue weighted by molar-refractivity contribution is 0.0777. The molecule has 3 heteroatoms. The number of aromatic nitrogens is 1. The van der Waals surface area contributed by atoms with Crippen LogP contribution in [0.3, 0.4) is 0 Å². The summed E-state index contributed by atoms with van der Waals surface area (Å²) in [7, 11) is 0. The molecule has 160 valence electrons. The van der Waals surface area contributed by atoms with E-state index in [1.165, 1.54) is 0 Å². The van der Waals surface area contributed by atoms with Gasteiger partial charge < -0.3 is 5.11 Å². The smallest absolute Gasteiger partial charge is 0.0843 e. The van der Waals surface area contributed by atoms with Gasteiger partial charge in [0.15, 0.2) is 0 Å². The van der Waals surface area contributed by atoms with Crippen molar-refractivity contribution in [1.82, 2.24) is 4.98 Å². The number of allylic oxidation sites excluding steroid dienone is 1. The summed E-state index contributed by atoms with van der Waals surface area (Å²) in [5, 5.41) is 12.2. The van der Waals surface area contributed by atoms with Crippen LogP contribution in [-0.4, -0.2) is 10.1 Å². The van der Waals surface area contributed by atoms with Crippen LogP contribution in [0, 0.1) is 0 Å². The predicted molar refractivity (Wildman–Crippen MR) is 137 cm³/mol. The van der Waals surface area contributed by atoms with Crippen molar-refractivity contribution in [2.45, 2.75) is 25.9 Å². The second-order valence-corrected chi connectivity index (χ2v) is 8.84. The third kappa shape index (κ3) is 5.53. The van der Waals surface area contributed by atoms with Crippen LogP contribution in [0.2, 0.25) is 5.02 Å².